The summed E-state index contributed by atoms with van der Waals surface area (Å²) in [5.74, 6) is 0. The van der Waals surface area contributed by atoms with E-state index in [1.807, 2.05) is 6.07 Å². The summed E-state index contributed by atoms with van der Waals surface area (Å²) in [4.78, 5) is 0.184. The molecule has 22 heavy (non-hydrogen) atoms. The van der Waals surface area contributed by atoms with Crippen molar-refractivity contribution < 1.29 is 8.42 Å². The molecule has 0 atom stereocenters. The molecule has 0 saturated carbocycles. The predicted molar refractivity (Wildman–Crippen MR) is 86.8 cm³/mol. The molecule has 0 saturated heterocycles. The van der Waals surface area contributed by atoms with Crippen molar-refractivity contribution in [2.24, 2.45) is 0 Å². The van der Waals surface area contributed by atoms with Gasteiger partial charge in [0.2, 0.25) is 10.0 Å². The molecular weight excluding hydrogens is 320 g/mol. The minimum Gasteiger partial charge on any atom is -0.388 e. The molecule has 0 radical (unpaired) electrons. The van der Waals surface area contributed by atoms with Crippen LogP contribution < -0.4 is 5.73 Å². The average molecular weight is 336 g/mol. The summed E-state index contributed by atoms with van der Waals surface area (Å²) in [6, 6.07) is 8.44. The van der Waals surface area contributed by atoms with Gasteiger partial charge >= 0.3 is 0 Å². The summed E-state index contributed by atoms with van der Waals surface area (Å²) in [7, 11) is -3.55. The van der Waals surface area contributed by atoms with E-state index in [4.69, 9.17) is 11.0 Å². The number of nitriles is 1. The molecule has 0 fully saturated rings. The first-order chi connectivity index (χ1) is 10.5. The van der Waals surface area contributed by atoms with Gasteiger partial charge < -0.3 is 5.73 Å². The second kappa shape index (κ2) is 6.44. The van der Waals surface area contributed by atoms with Gasteiger partial charge in [-0.15, -0.1) is 0 Å². The lowest BCUT2D eigenvalue weighted by molar-refractivity contribution is 0.445. The van der Waals surface area contributed by atoms with Gasteiger partial charge in [-0.1, -0.05) is 26.0 Å². The quantitative estimate of drug-likeness (QED) is 0.903. The molecule has 6 nitrogen and oxygen atoms in total. The Hall–Kier alpha value is -1.95. The number of nitrogens with two attached hydrogens (primary N) is 1. The Kier molecular flexibility index (Phi) is 4.81. The van der Waals surface area contributed by atoms with Crippen LogP contribution in [0.5, 0.6) is 0 Å². The number of aromatic nitrogens is 1. The van der Waals surface area contributed by atoms with Crippen LogP contribution in [-0.2, 0) is 10.0 Å². The number of nitrogen functional groups attached to an aromatic ring is 1. The molecular formula is C14H16N4O2S2. The number of hydrogen-bond acceptors (Lipinski definition) is 6. The molecule has 0 aliphatic heterocycles. The van der Waals surface area contributed by atoms with Gasteiger partial charge in [-0.3, -0.25) is 0 Å². The molecule has 1 heterocycles. The van der Waals surface area contributed by atoms with Gasteiger partial charge in [0, 0.05) is 18.7 Å². The van der Waals surface area contributed by atoms with Crippen LogP contribution in [0, 0.1) is 11.3 Å². The van der Waals surface area contributed by atoms with E-state index in [1.165, 1.54) is 10.4 Å². The largest absolute Gasteiger partial charge is 0.388 e. The zero-order valence-corrected chi connectivity index (χ0v) is 13.9. The maximum absolute atomic E-state index is 12.6. The zero-order chi connectivity index (χ0) is 16.3. The lowest BCUT2D eigenvalue weighted by atomic mass is 10.1. The fourth-order valence-corrected chi connectivity index (χ4v) is 4.25. The van der Waals surface area contributed by atoms with Crippen LogP contribution in [0.1, 0.15) is 19.4 Å². The van der Waals surface area contributed by atoms with E-state index in [0.717, 1.165) is 11.5 Å². The summed E-state index contributed by atoms with van der Waals surface area (Å²) in [5.41, 5.74) is 6.98. The maximum atomic E-state index is 12.6. The molecule has 0 aliphatic carbocycles. The summed E-state index contributed by atoms with van der Waals surface area (Å²) in [6.07, 6.45) is 0. The third-order valence-electron chi connectivity index (χ3n) is 3.28. The van der Waals surface area contributed by atoms with Crippen molar-refractivity contribution in [3.8, 4) is 17.3 Å². The van der Waals surface area contributed by atoms with Gasteiger partial charge in [0.15, 0.2) is 0 Å². The van der Waals surface area contributed by atoms with Gasteiger partial charge in [0.25, 0.3) is 0 Å². The summed E-state index contributed by atoms with van der Waals surface area (Å²) in [6.45, 7) is 4.38. The molecule has 0 spiro atoms. The van der Waals surface area contributed by atoms with E-state index in [-0.39, 0.29) is 10.5 Å². The molecule has 0 aliphatic rings. The van der Waals surface area contributed by atoms with Crippen LogP contribution in [-0.4, -0.2) is 30.2 Å². The highest BCUT2D eigenvalue weighted by Gasteiger charge is 2.23. The molecule has 0 amide bonds. The Balaban J connectivity index is 2.54. The Morgan fingerprint density at radius 1 is 1.36 bits per heavy atom. The molecule has 8 heteroatoms. The number of nitrogens with zero attached hydrogens (tertiary/aromatic N) is 3. The van der Waals surface area contributed by atoms with Crippen LogP contribution in [0.3, 0.4) is 0 Å². The van der Waals surface area contributed by atoms with Gasteiger partial charge in [0.1, 0.15) is 22.3 Å². The minimum atomic E-state index is -3.55. The smallest absolute Gasteiger partial charge is 0.243 e. The van der Waals surface area contributed by atoms with Gasteiger partial charge in [0.05, 0.1) is 4.90 Å². The number of rotatable bonds is 5. The summed E-state index contributed by atoms with van der Waals surface area (Å²) < 4.78 is 30.6. The third kappa shape index (κ3) is 2.83. The highest BCUT2D eigenvalue weighted by molar-refractivity contribution is 7.89. The van der Waals surface area contributed by atoms with Crippen molar-refractivity contribution in [2.75, 3.05) is 18.8 Å². The number of anilines is 1. The van der Waals surface area contributed by atoms with Crippen molar-refractivity contribution >= 4 is 26.6 Å². The minimum absolute atomic E-state index is 0.184. The normalized spacial score (nSPS) is 11.5. The lowest BCUT2D eigenvalue weighted by Crippen LogP contribution is -2.30. The molecule has 1 aromatic heterocycles. The highest BCUT2D eigenvalue weighted by Crippen LogP contribution is 2.31. The van der Waals surface area contributed by atoms with E-state index in [2.05, 4.69) is 4.37 Å². The van der Waals surface area contributed by atoms with Crippen molar-refractivity contribution in [1.82, 2.24) is 8.68 Å². The number of benzene rings is 1. The lowest BCUT2D eigenvalue weighted by Gasteiger charge is -2.18. The van der Waals surface area contributed by atoms with E-state index in [0.29, 0.717) is 29.3 Å². The molecule has 0 bridgehead atoms. The second-order valence-electron chi connectivity index (χ2n) is 4.50. The Bertz CT molecular complexity index is 818. The standard InChI is InChI=1S/C14H16N4O2S2/c1-3-18(4-2)22(19,20)11-7-5-6-10(8-11)13-12(9-15)14(16)21-17-13/h5-8H,3-4,16H2,1-2H3. The Morgan fingerprint density at radius 2 is 2.05 bits per heavy atom. The Morgan fingerprint density at radius 3 is 2.64 bits per heavy atom. The molecule has 2 rings (SSSR count). The molecule has 2 aromatic rings. The van der Waals surface area contributed by atoms with Crippen molar-refractivity contribution in [3.63, 3.8) is 0 Å². The maximum Gasteiger partial charge on any atom is 0.243 e. The topological polar surface area (TPSA) is 100 Å². The predicted octanol–water partition coefficient (Wildman–Crippen LogP) is 2.29. The fourth-order valence-electron chi connectivity index (χ4n) is 2.12. The fraction of sp³-hybridized carbons (Fsp3) is 0.286. The zero-order valence-electron chi connectivity index (χ0n) is 12.3. The van der Waals surface area contributed by atoms with Gasteiger partial charge in [-0.2, -0.15) is 13.9 Å². The van der Waals surface area contributed by atoms with Gasteiger partial charge in [-0.25, -0.2) is 8.42 Å². The van der Waals surface area contributed by atoms with Gasteiger partial charge in [-0.05, 0) is 23.7 Å². The van der Waals surface area contributed by atoms with Crippen LogP contribution in [0.4, 0.5) is 5.00 Å². The van der Waals surface area contributed by atoms with E-state index >= 15 is 0 Å². The van der Waals surface area contributed by atoms with Crippen molar-refractivity contribution in [2.45, 2.75) is 18.7 Å². The first-order valence-electron chi connectivity index (χ1n) is 6.71. The average Bonchev–Trinajstić information content (AvgIpc) is 2.89. The van der Waals surface area contributed by atoms with Crippen LogP contribution in [0.15, 0.2) is 29.2 Å². The van der Waals surface area contributed by atoms with Crippen LogP contribution in [0.25, 0.3) is 11.3 Å². The van der Waals surface area contributed by atoms with Crippen LogP contribution >= 0.6 is 11.5 Å². The molecule has 1 aromatic carbocycles. The van der Waals surface area contributed by atoms with Crippen LogP contribution in [0.2, 0.25) is 0 Å². The third-order valence-corrected chi connectivity index (χ3v) is 6.00. The summed E-state index contributed by atoms with van der Waals surface area (Å²) in [5, 5.41) is 9.48. The van der Waals surface area contributed by atoms with Crippen molar-refractivity contribution in [1.29, 1.82) is 5.26 Å². The molecule has 0 unspecified atom stereocenters. The summed E-state index contributed by atoms with van der Waals surface area (Å²) >= 11 is 1.02. The Labute approximate surface area is 134 Å². The van der Waals surface area contributed by atoms with E-state index in [1.54, 1.807) is 32.0 Å². The second-order valence-corrected chi connectivity index (χ2v) is 7.24. The highest BCUT2D eigenvalue weighted by atomic mass is 32.2. The van der Waals surface area contributed by atoms with E-state index < -0.39 is 10.0 Å². The first kappa shape index (κ1) is 16.4. The number of sulfonamides is 1. The number of hydrogen-bond donors (Lipinski definition) is 1. The van der Waals surface area contributed by atoms with Crippen molar-refractivity contribution in [3.05, 3.63) is 29.8 Å². The monoisotopic (exact) mass is 336 g/mol. The van der Waals surface area contributed by atoms with E-state index in [9.17, 15) is 8.42 Å². The SMILES string of the molecule is CCN(CC)S(=O)(=O)c1cccc(-c2nsc(N)c2C#N)c1. The molecule has 2 N–H and O–H groups in total. The first-order valence-corrected chi connectivity index (χ1v) is 8.92. The molecule has 116 valence electrons.